The summed E-state index contributed by atoms with van der Waals surface area (Å²) in [5, 5.41) is 13.8. The summed E-state index contributed by atoms with van der Waals surface area (Å²) >= 11 is 0. The maximum atomic E-state index is 10.4. The number of ether oxygens (including phenoxy) is 1. The zero-order valence-corrected chi connectivity index (χ0v) is 12.7. The van der Waals surface area contributed by atoms with Crippen molar-refractivity contribution in [2.45, 2.75) is 64.2 Å². The highest BCUT2D eigenvalue weighted by Gasteiger charge is 2.28. The number of hydrogen-bond acceptors (Lipinski definition) is 3. The molecule has 1 fully saturated rings. The molecule has 0 radical (unpaired) electrons. The first-order valence-electron chi connectivity index (χ1n) is 7.76. The minimum atomic E-state index is -0.496. The van der Waals surface area contributed by atoms with Gasteiger partial charge in [-0.15, -0.1) is 0 Å². The highest BCUT2D eigenvalue weighted by molar-refractivity contribution is 5.28. The van der Waals surface area contributed by atoms with Gasteiger partial charge in [-0.3, -0.25) is 0 Å². The molecule has 0 aliphatic heterocycles. The van der Waals surface area contributed by atoms with Crippen molar-refractivity contribution in [2.24, 2.45) is 0 Å². The van der Waals surface area contributed by atoms with E-state index in [2.05, 4.69) is 17.4 Å². The lowest BCUT2D eigenvalue weighted by atomic mass is 9.85. The fourth-order valence-electron chi connectivity index (χ4n) is 2.83. The standard InChI is InChI=1S/C17H27NO2/c1-14(2)20-16-8-6-7-15(11-16)12-18-13-17(19)9-4-3-5-10-17/h6-8,11,14,18-19H,3-5,9-10,12-13H2,1-2H3. The zero-order chi connectivity index (χ0) is 14.4. The maximum absolute atomic E-state index is 10.4. The van der Waals surface area contributed by atoms with E-state index in [1.165, 1.54) is 12.0 Å². The van der Waals surface area contributed by atoms with Gasteiger partial charge in [0.15, 0.2) is 0 Å². The maximum Gasteiger partial charge on any atom is 0.120 e. The molecule has 0 saturated heterocycles. The fourth-order valence-corrected chi connectivity index (χ4v) is 2.83. The molecule has 0 unspecified atom stereocenters. The smallest absolute Gasteiger partial charge is 0.120 e. The Bertz CT molecular complexity index is 411. The van der Waals surface area contributed by atoms with Crippen molar-refractivity contribution < 1.29 is 9.84 Å². The average molecular weight is 277 g/mol. The quantitative estimate of drug-likeness (QED) is 0.838. The summed E-state index contributed by atoms with van der Waals surface area (Å²) in [6.07, 6.45) is 5.61. The molecule has 2 N–H and O–H groups in total. The topological polar surface area (TPSA) is 41.5 Å². The number of rotatable bonds is 6. The molecule has 1 aromatic carbocycles. The van der Waals surface area contributed by atoms with Gasteiger partial charge >= 0.3 is 0 Å². The first-order valence-corrected chi connectivity index (χ1v) is 7.76. The van der Waals surface area contributed by atoms with Gasteiger partial charge < -0.3 is 15.2 Å². The van der Waals surface area contributed by atoms with Gasteiger partial charge in [-0.25, -0.2) is 0 Å². The van der Waals surface area contributed by atoms with Crippen LogP contribution in [0, 0.1) is 0 Å². The lowest BCUT2D eigenvalue weighted by Gasteiger charge is -2.32. The Balaban J connectivity index is 1.81. The van der Waals surface area contributed by atoms with Crippen LogP contribution in [0.4, 0.5) is 0 Å². The molecule has 112 valence electrons. The van der Waals surface area contributed by atoms with E-state index < -0.39 is 5.60 Å². The van der Waals surface area contributed by atoms with Gasteiger partial charge in [-0.1, -0.05) is 31.4 Å². The summed E-state index contributed by atoms with van der Waals surface area (Å²) in [6, 6.07) is 8.16. The van der Waals surface area contributed by atoms with Crippen LogP contribution in [0.15, 0.2) is 24.3 Å². The van der Waals surface area contributed by atoms with E-state index in [0.717, 1.165) is 38.0 Å². The monoisotopic (exact) mass is 277 g/mol. The molecular weight excluding hydrogens is 250 g/mol. The molecule has 1 aliphatic carbocycles. The van der Waals surface area contributed by atoms with Crippen molar-refractivity contribution >= 4 is 0 Å². The van der Waals surface area contributed by atoms with Gasteiger partial charge in [0.25, 0.3) is 0 Å². The van der Waals surface area contributed by atoms with E-state index in [-0.39, 0.29) is 6.10 Å². The average Bonchev–Trinajstić information content (AvgIpc) is 2.39. The molecule has 0 bridgehead atoms. The Morgan fingerprint density at radius 1 is 1.25 bits per heavy atom. The van der Waals surface area contributed by atoms with Crippen LogP contribution >= 0.6 is 0 Å². The van der Waals surface area contributed by atoms with Crippen LogP contribution in [0.1, 0.15) is 51.5 Å². The summed E-state index contributed by atoms with van der Waals surface area (Å²) in [5.74, 6) is 0.913. The van der Waals surface area contributed by atoms with Gasteiger partial charge in [0.1, 0.15) is 5.75 Å². The third-order valence-electron chi connectivity index (χ3n) is 3.84. The Morgan fingerprint density at radius 2 is 2.00 bits per heavy atom. The summed E-state index contributed by atoms with van der Waals surface area (Å²) in [5.41, 5.74) is 0.701. The minimum Gasteiger partial charge on any atom is -0.491 e. The molecule has 20 heavy (non-hydrogen) atoms. The van der Waals surface area contributed by atoms with Gasteiger partial charge in [-0.05, 0) is 44.4 Å². The van der Waals surface area contributed by atoms with Crippen molar-refractivity contribution in [2.75, 3.05) is 6.54 Å². The van der Waals surface area contributed by atoms with Crippen LogP contribution in [-0.4, -0.2) is 23.4 Å². The zero-order valence-electron chi connectivity index (χ0n) is 12.7. The molecule has 1 aliphatic rings. The van der Waals surface area contributed by atoms with Crippen LogP contribution in [0.5, 0.6) is 5.75 Å². The van der Waals surface area contributed by atoms with E-state index >= 15 is 0 Å². The van der Waals surface area contributed by atoms with Gasteiger partial charge in [0.2, 0.25) is 0 Å². The second-order valence-corrected chi connectivity index (χ2v) is 6.20. The van der Waals surface area contributed by atoms with E-state index in [1.54, 1.807) is 0 Å². The van der Waals surface area contributed by atoms with Crippen molar-refractivity contribution in [3.05, 3.63) is 29.8 Å². The van der Waals surface area contributed by atoms with Gasteiger partial charge in [0, 0.05) is 13.1 Å². The minimum absolute atomic E-state index is 0.196. The summed E-state index contributed by atoms with van der Waals surface area (Å²) < 4.78 is 5.69. The molecular formula is C17H27NO2. The highest BCUT2D eigenvalue weighted by Crippen LogP contribution is 2.27. The molecule has 0 amide bonds. The second-order valence-electron chi connectivity index (χ2n) is 6.20. The Kier molecular flexibility index (Phi) is 5.44. The van der Waals surface area contributed by atoms with Gasteiger partial charge in [-0.2, -0.15) is 0 Å². The molecule has 0 atom stereocenters. The molecule has 0 aromatic heterocycles. The Morgan fingerprint density at radius 3 is 2.70 bits per heavy atom. The molecule has 3 heteroatoms. The second kappa shape index (κ2) is 7.09. The van der Waals surface area contributed by atoms with Crippen LogP contribution in [0.3, 0.4) is 0 Å². The van der Waals surface area contributed by atoms with E-state index in [0.29, 0.717) is 6.54 Å². The lowest BCUT2D eigenvalue weighted by Crippen LogP contribution is -2.41. The van der Waals surface area contributed by atoms with Crippen molar-refractivity contribution in [1.82, 2.24) is 5.32 Å². The van der Waals surface area contributed by atoms with Crippen molar-refractivity contribution in [3.63, 3.8) is 0 Å². The third-order valence-corrected chi connectivity index (χ3v) is 3.84. The summed E-state index contributed by atoms with van der Waals surface area (Å²) in [6.45, 7) is 5.52. The number of benzene rings is 1. The van der Waals surface area contributed by atoms with Crippen molar-refractivity contribution in [3.8, 4) is 5.75 Å². The SMILES string of the molecule is CC(C)Oc1cccc(CNCC2(O)CCCCC2)c1. The first kappa shape index (κ1) is 15.3. The molecule has 0 heterocycles. The Hall–Kier alpha value is -1.06. The summed E-state index contributed by atoms with van der Waals surface area (Å²) in [4.78, 5) is 0. The van der Waals surface area contributed by atoms with Crippen LogP contribution in [0.2, 0.25) is 0 Å². The number of hydrogen-bond donors (Lipinski definition) is 2. The predicted octanol–water partition coefficient (Wildman–Crippen LogP) is 3.26. The van der Waals surface area contributed by atoms with Crippen LogP contribution in [-0.2, 0) is 6.54 Å². The normalized spacial score (nSPS) is 18.2. The van der Waals surface area contributed by atoms with Crippen LogP contribution in [0.25, 0.3) is 0 Å². The Labute approximate surface area is 122 Å². The summed E-state index contributed by atoms with van der Waals surface area (Å²) in [7, 11) is 0. The fraction of sp³-hybridized carbons (Fsp3) is 0.647. The molecule has 2 rings (SSSR count). The molecule has 1 saturated carbocycles. The largest absolute Gasteiger partial charge is 0.491 e. The van der Waals surface area contributed by atoms with Crippen LogP contribution < -0.4 is 10.1 Å². The highest BCUT2D eigenvalue weighted by atomic mass is 16.5. The lowest BCUT2D eigenvalue weighted by molar-refractivity contribution is 0.00467. The van der Waals surface area contributed by atoms with Crippen molar-refractivity contribution in [1.29, 1.82) is 0 Å². The van der Waals surface area contributed by atoms with E-state index in [4.69, 9.17) is 4.74 Å². The molecule has 0 spiro atoms. The van der Waals surface area contributed by atoms with Gasteiger partial charge in [0.05, 0.1) is 11.7 Å². The van der Waals surface area contributed by atoms with E-state index in [9.17, 15) is 5.11 Å². The first-order chi connectivity index (χ1) is 9.57. The molecule has 3 nitrogen and oxygen atoms in total. The third kappa shape index (κ3) is 4.80. The number of aliphatic hydroxyl groups is 1. The number of nitrogens with one attached hydrogen (secondary N) is 1. The predicted molar refractivity (Wildman–Crippen MR) is 81.9 cm³/mol. The van der Waals surface area contributed by atoms with E-state index in [1.807, 2.05) is 26.0 Å². The molecule has 1 aromatic rings.